The zero-order valence-electron chi connectivity index (χ0n) is 15.0. The molecule has 0 atom stereocenters. The van der Waals surface area contributed by atoms with E-state index in [1.165, 1.54) is 37.4 Å². The number of hydrogen-bond acceptors (Lipinski definition) is 5. The normalized spacial score (nSPS) is 16.9. The lowest BCUT2D eigenvalue weighted by atomic mass is 10.2. The molecular formula is C20H22N4O2S. The number of carbonyl (C=O) groups excluding carboxylic acids is 2. The van der Waals surface area contributed by atoms with Crippen molar-refractivity contribution in [2.75, 3.05) is 34.4 Å². The van der Waals surface area contributed by atoms with Gasteiger partial charge in [-0.2, -0.15) is 0 Å². The van der Waals surface area contributed by atoms with Gasteiger partial charge in [-0.15, -0.1) is 11.8 Å². The molecule has 4 rings (SSSR count). The van der Waals surface area contributed by atoms with Crippen molar-refractivity contribution >= 4 is 40.8 Å². The first-order chi connectivity index (χ1) is 13.2. The molecule has 1 aromatic carbocycles. The molecule has 1 fully saturated rings. The van der Waals surface area contributed by atoms with Gasteiger partial charge >= 0.3 is 0 Å². The van der Waals surface area contributed by atoms with E-state index in [9.17, 15) is 9.59 Å². The van der Waals surface area contributed by atoms with Gasteiger partial charge in [-0.05, 0) is 43.2 Å². The Balaban J connectivity index is 1.44. The zero-order valence-corrected chi connectivity index (χ0v) is 15.8. The first-order valence-corrected chi connectivity index (χ1v) is 10.3. The van der Waals surface area contributed by atoms with Gasteiger partial charge in [0.05, 0.1) is 17.0 Å². The van der Waals surface area contributed by atoms with E-state index in [0.29, 0.717) is 17.0 Å². The number of benzene rings is 1. The summed E-state index contributed by atoms with van der Waals surface area (Å²) >= 11 is 1.50. The predicted octanol–water partition coefficient (Wildman–Crippen LogP) is 3.76. The first kappa shape index (κ1) is 17.9. The van der Waals surface area contributed by atoms with Gasteiger partial charge in [-0.1, -0.05) is 12.8 Å². The lowest BCUT2D eigenvalue weighted by Gasteiger charge is -2.21. The van der Waals surface area contributed by atoms with Crippen molar-refractivity contribution in [1.82, 2.24) is 4.98 Å². The molecule has 1 aromatic heterocycles. The van der Waals surface area contributed by atoms with Crippen LogP contribution in [-0.2, 0) is 4.79 Å². The summed E-state index contributed by atoms with van der Waals surface area (Å²) in [6.07, 6.45) is 6.56. The third-order valence-electron chi connectivity index (χ3n) is 4.81. The van der Waals surface area contributed by atoms with Crippen LogP contribution >= 0.6 is 11.8 Å². The molecule has 7 heteroatoms. The number of fused-ring (bicyclic) bond motifs is 1. The lowest BCUT2D eigenvalue weighted by Crippen LogP contribution is -2.25. The maximum atomic E-state index is 12.5. The van der Waals surface area contributed by atoms with E-state index < -0.39 is 0 Å². The van der Waals surface area contributed by atoms with Gasteiger partial charge in [0.1, 0.15) is 5.82 Å². The minimum Gasteiger partial charge on any atom is -0.357 e. The predicted molar refractivity (Wildman–Crippen MR) is 109 cm³/mol. The number of carbonyl (C=O) groups is 2. The number of hydrogen-bond donors (Lipinski definition) is 2. The van der Waals surface area contributed by atoms with E-state index in [1.54, 1.807) is 12.3 Å². The van der Waals surface area contributed by atoms with Crippen LogP contribution in [0.1, 0.15) is 36.0 Å². The van der Waals surface area contributed by atoms with Gasteiger partial charge in [0.25, 0.3) is 5.91 Å². The number of nitrogens with zero attached hydrogens (tertiary/aromatic N) is 2. The standard InChI is InChI=1S/C20H22N4O2S/c25-19-13-27-17-7-6-15(11-16(17)23-19)22-20(26)14-5-8-18(21-12-14)24-9-3-1-2-4-10-24/h5-8,11-12H,1-4,9-10,13H2,(H,22,26)(H,23,25). The van der Waals surface area contributed by atoms with Gasteiger partial charge in [0.15, 0.2) is 0 Å². The third kappa shape index (κ3) is 4.24. The Labute approximate surface area is 162 Å². The van der Waals surface area contributed by atoms with Crippen molar-refractivity contribution in [3.63, 3.8) is 0 Å². The Morgan fingerprint density at radius 1 is 1.11 bits per heavy atom. The van der Waals surface area contributed by atoms with Crippen LogP contribution < -0.4 is 15.5 Å². The van der Waals surface area contributed by atoms with Crippen molar-refractivity contribution < 1.29 is 9.59 Å². The molecule has 6 nitrogen and oxygen atoms in total. The highest BCUT2D eigenvalue weighted by Crippen LogP contribution is 2.33. The highest BCUT2D eigenvalue weighted by atomic mass is 32.2. The van der Waals surface area contributed by atoms with Crippen molar-refractivity contribution in [1.29, 1.82) is 0 Å². The molecule has 0 radical (unpaired) electrons. The highest BCUT2D eigenvalue weighted by Gasteiger charge is 2.17. The number of nitrogens with one attached hydrogen (secondary N) is 2. The average Bonchev–Trinajstić information content (AvgIpc) is 2.97. The second kappa shape index (κ2) is 8.00. The Kier molecular flexibility index (Phi) is 5.29. The molecule has 27 heavy (non-hydrogen) atoms. The van der Waals surface area contributed by atoms with E-state index in [4.69, 9.17) is 0 Å². The molecule has 0 saturated carbocycles. The summed E-state index contributed by atoms with van der Waals surface area (Å²) < 4.78 is 0. The fraction of sp³-hybridized carbons (Fsp3) is 0.350. The molecule has 0 aliphatic carbocycles. The van der Waals surface area contributed by atoms with Gasteiger partial charge in [-0.3, -0.25) is 9.59 Å². The molecule has 0 unspecified atom stereocenters. The maximum absolute atomic E-state index is 12.5. The monoisotopic (exact) mass is 382 g/mol. The van der Waals surface area contributed by atoms with E-state index in [2.05, 4.69) is 20.5 Å². The molecule has 2 amide bonds. The SMILES string of the molecule is O=C1CSc2ccc(NC(=O)c3ccc(N4CCCCCC4)nc3)cc2N1. The number of rotatable bonds is 3. The fourth-order valence-electron chi connectivity index (χ4n) is 3.37. The summed E-state index contributed by atoms with van der Waals surface area (Å²) in [5.41, 5.74) is 1.91. The van der Waals surface area contributed by atoms with Crippen LogP contribution in [-0.4, -0.2) is 35.6 Å². The van der Waals surface area contributed by atoms with E-state index in [-0.39, 0.29) is 11.8 Å². The minimum atomic E-state index is -0.209. The van der Waals surface area contributed by atoms with Crippen molar-refractivity contribution in [3.05, 3.63) is 42.1 Å². The maximum Gasteiger partial charge on any atom is 0.257 e. The average molecular weight is 382 g/mol. The van der Waals surface area contributed by atoms with E-state index >= 15 is 0 Å². The molecule has 0 spiro atoms. The van der Waals surface area contributed by atoms with E-state index in [0.717, 1.165) is 29.5 Å². The van der Waals surface area contributed by atoms with Gasteiger partial charge in [0.2, 0.25) is 5.91 Å². The highest BCUT2D eigenvalue weighted by molar-refractivity contribution is 8.00. The molecule has 1 saturated heterocycles. The Morgan fingerprint density at radius 3 is 2.67 bits per heavy atom. The van der Waals surface area contributed by atoms with Crippen LogP contribution in [0.15, 0.2) is 41.4 Å². The zero-order chi connectivity index (χ0) is 18.6. The first-order valence-electron chi connectivity index (χ1n) is 9.28. The molecule has 2 aliphatic rings. The van der Waals surface area contributed by atoms with Gasteiger partial charge in [0, 0.05) is 29.9 Å². The number of pyridine rings is 1. The van der Waals surface area contributed by atoms with Crippen LogP contribution in [0, 0.1) is 0 Å². The van der Waals surface area contributed by atoms with Crippen molar-refractivity contribution in [2.24, 2.45) is 0 Å². The van der Waals surface area contributed by atoms with E-state index in [1.807, 2.05) is 24.3 Å². The molecule has 140 valence electrons. The number of thioether (sulfide) groups is 1. The lowest BCUT2D eigenvalue weighted by molar-refractivity contribution is -0.113. The van der Waals surface area contributed by atoms with Crippen LogP contribution in [0.25, 0.3) is 0 Å². The van der Waals surface area contributed by atoms with Crippen LogP contribution in [0.4, 0.5) is 17.2 Å². The van der Waals surface area contributed by atoms with Gasteiger partial charge in [-0.25, -0.2) is 4.98 Å². The fourth-order valence-corrected chi connectivity index (χ4v) is 4.16. The summed E-state index contributed by atoms with van der Waals surface area (Å²) in [7, 11) is 0. The number of anilines is 3. The largest absolute Gasteiger partial charge is 0.357 e. The van der Waals surface area contributed by atoms with Crippen LogP contribution in [0.2, 0.25) is 0 Å². The molecule has 2 N–H and O–H groups in total. The van der Waals surface area contributed by atoms with Crippen LogP contribution in [0.5, 0.6) is 0 Å². The summed E-state index contributed by atoms with van der Waals surface area (Å²) in [5.74, 6) is 1.12. The summed E-state index contributed by atoms with van der Waals surface area (Å²) in [6.45, 7) is 2.05. The Bertz CT molecular complexity index is 846. The van der Waals surface area contributed by atoms with Crippen molar-refractivity contribution in [3.8, 4) is 0 Å². The molecule has 3 heterocycles. The summed E-state index contributed by atoms with van der Waals surface area (Å²) in [6, 6.07) is 9.29. The smallest absolute Gasteiger partial charge is 0.257 e. The molecule has 2 aromatic rings. The Morgan fingerprint density at radius 2 is 1.93 bits per heavy atom. The molecular weight excluding hydrogens is 360 g/mol. The Hall–Kier alpha value is -2.54. The minimum absolute atomic E-state index is 0.0238. The van der Waals surface area contributed by atoms with Crippen LogP contribution in [0.3, 0.4) is 0 Å². The number of amides is 2. The molecule has 0 bridgehead atoms. The second-order valence-electron chi connectivity index (χ2n) is 6.81. The summed E-state index contributed by atoms with van der Waals surface area (Å²) in [4.78, 5) is 31.9. The number of aromatic nitrogens is 1. The third-order valence-corrected chi connectivity index (χ3v) is 5.88. The topological polar surface area (TPSA) is 74.3 Å². The quantitative estimate of drug-likeness (QED) is 0.845. The summed E-state index contributed by atoms with van der Waals surface area (Å²) in [5, 5.41) is 5.71. The molecule has 2 aliphatic heterocycles. The second-order valence-corrected chi connectivity index (χ2v) is 7.83. The van der Waals surface area contributed by atoms with Gasteiger partial charge < -0.3 is 15.5 Å². The van der Waals surface area contributed by atoms with Crippen molar-refractivity contribution in [2.45, 2.75) is 30.6 Å².